The lowest BCUT2D eigenvalue weighted by Crippen LogP contribution is -2.39. The maximum absolute atomic E-state index is 12.3. The van der Waals surface area contributed by atoms with E-state index in [9.17, 15) is 4.79 Å². The summed E-state index contributed by atoms with van der Waals surface area (Å²) in [4.78, 5) is 16.3. The maximum atomic E-state index is 12.3. The Morgan fingerprint density at radius 3 is 3.18 bits per heavy atom. The second-order valence-electron chi connectivity index (χ2n) is 4.14. The number of aromatic nitrogens is 1. The fourth-order valence-corrected chi connectivity index (χ4v) is 2.09. The minimum Gasteiger partial charge on any atom is -0.398 e. The van der Waals surface area contributed by atoms with E-state index < -0.39 is 0 Å². The molecule has 0 bridgehead atoms. The molecule has 1 aromatic rings. The number of carbonyl (C=O) groups excluding carboxylic acids is 1. The van der Waals surface area contributed by atoms with E-state index in [1.165, 1.54) is 6.20 Å². The van der Waals surface area contributed by atoms with Crippen LogP contribution in [0.4, 0.5) is 5.69 Å². The van der Waals surface area contributed by atoms with Crippen LogP contribution in [0.15, 0.2) is 18.5 Å². The van der Waals surface area contributed by atoms with Crippen molar-refractivity contribution in [2.75, 3.05) is 25.5 Å². The van der Waals surface area contributed by atoms with Gasteiger partial charge in [-0.1, -0.05) is 6.92 Å². The van der Waals surface area contributed by atoms with E-state index in [2.05, 4.69) is 10.3 Å². The fraction of sp³-hybridized carbons (Fsp3) is 0.500. The molecule has 2 unspecified atom stereocenters. The summed E-state index contributed by atoms with van der Waals surface area (Å²) in [5, 5.41) is 3.26. The van der Waals surface area contributed by atoms with Crippen LogP contribution in [-0.2, 0) is 4.74 Å². The topological polar surface area (TPSA) is 77.2 Å². The van der Waals surface area contributed by atoms with Crippen molar-refractivity contribution in [1.82, 2.24) is 10.3 Å². The number of hydrogen-bond acceptors (Lipinski definition) is 5. The second kappa shape index (κ2) is 5.25. The molecule has 1 fully saturated rings. The first kappa shape index (κ1) is 12.0. The van der Waals surface area contributed by atoms with Gasteiger partial charge >= 0.3 is 0 Å². The van der Waals surface area contributed by atoms with Crippen molar-refractivity contribution in [3.05, 3.63) is 24.0 Å². The van der Waals surface area contributed by atoms with E-state index in [0.29, 0.717) is 24.5 Å². The van der Waals surface area contributed by atoms with E-state index >= 15 is 0 Å². The highest BCUT2D eigenvalue weighted by Gasteiger charge is 2.34. The molecule has 0 aromatic carbocycles. The van der Waals surface area contributed by atoms with Crippen LogP contribution < -0.4 is 11.1 Å². The molecule has 17 heavy (non-hydrogen) atoms. The first-order chi connectivity index (χ1) is 8.24. The average molecular weight is 235 g/mol. The number of likely N-dealkylation sites (N-methyl/N-ethyl adjacent to an activating group) is 1. The Balaban J connectivity index is 2.17. The molecule has 1 saturated heterocycles. The van der Waals surface area contributed by atoms with Crippen LogP contribution in [0.3, 0.4) is 0 Å². The number of nitrogens with one attached hydrogen (secondary N) is 1. The van der Waals surface area contributed by atoms with Crippen LogP contribution in [0.2, 0.25) is 0 Å². The third-order valence-corrected chi connectivity index (χ3v) is 3.00. The molecule has 1 aromatic heterocycles. The molecule has 5 nitrogen and oxygen atoms in total. The van der Waals surface area contributed by atoms with Crippen LogP contribution in [0.25, 0.3) is 0 Å². The molecule has 0 amide bonds. The molecule has 5 heteroatoms. The lowest BCUT2D eigenvalue weighted by atomic mass is 9.93. The molecule has 0 saturated carbocycles. The number of hydrogen-bond donors (Lipinski definition) is 2. The first-order valence-electron chi connectivity index (χ1n) is 5.79. The highest BCUT2D eigenvalue weighted by atomic mass is 16.5. The van der Waals surface area contributed by atoms with Crippen molar-refractivity contribution in [3.8, 4) is 0 Å². The normalized spacial score (nSPS) is 23.8. The van der Waals surface area contributed by atoms with Crippen LogP contribution in [-0.4, -0.2) is 36.6 Å². The molecule has 3 N–H and O–H groups in total. The van der Waals surface area contributed by atoms with E-state index in [4.69, 9.17) is 10.5 Å². The van der Waals surface area contributed by atoms with Crippen molar-refractivity contribution in [2.45, 2.75) is 13.0 Å². The zero-order valence-electron chi connectivity index (χ0n) is 9.85. The number of ether oxygens (including phenoxy) is 1. The fourth-order valence-electron chi connectivity index (χ4n) is 2.09. The van der Waals surface area contributed by atoms with Crippen LogP contribution >= 0.6 is 0 Å². The summed E-state index contributed by atoms with van der Waals surface area (Å²) in [6.45, 7) is 3.86. The molecule has 0 spiro atoms. The van der Waals surface area contributed by atoms with Gasteiger partial charge in [0.1, 0.15) is 0 Å². The predicted octanol–water partition coefficient (Wildman–Crippen LogP) is 0.471. The number of nitrogen functional groups attached to an aromatic ring is 1. The number of pyridine rings is 1. The minimum atomic E-state index is -0.165. The van der Waals surface area contributed by atoms with Crippen LogP contribution in [0, 0.1) is 5.92 Å². The highest BCUT2D eigenvalue weighted by Crippen LogP contribution is 2.21. The van der Waals surface area contributed by atoms with Crippen molar-refractivity contribution in [3.63, 3.8) is 0 Å². The molecule has 2 rings (SSSR count). The molecule has 1 aliphatic rings. The molecule has 0 radical (unpaired) electrons. The van der Waals surface area contributed by atoms with E-state index in [0.717, 1.165) is 6.54 Å². The Morgan fingerprint density at radius 1 is 1.65 bits per heavy atom. The van der Waals surface area contributed by atoms with E-state index in [1.54, 1.807) is 12.3 Å². The van der Waals surface area contributed by atoms with Gasteiger partial charge in [-0.05, 0) is 12.6 Å². The third kappa shape index (κ3) is 2.45. The Hall–Kier alpha value is -1.46. The Morgan fingerprint density at radius 2 is 2.47 bits per heavy atom. The quantitative estimate of drug-likeness (QED) is 0.742. The second-order valence-corrected chi connectivity index (χ2v) is 4.14. The van der Waals surface area contributed by atoms with Gasteiger partial charge in [-0.3, -0.25) is 9.78 Å². The monoisotopic (exact) mass is 235 g/mol. The van der Waals surface area contributed by atoms with Crippen molar-refractivity contribution in [2.24, 2.45) is 5.92 Å². The smallest absolute Gasteiger partial charge is 0.173 e. The molecule has 1 aliphatic heterocycles. The number of rotatable bonds is 4. The predicted molar refractivity (Wildman–Crippen MR) is 64.8 cm³/mol. The van der Waals surface area contributed by atoms with Gasteiger partial charge in [-0.2, -0.15) is 0 Å². The van der Waals surface area contributed by atoms with Crippen LogP contribution in [0.5, 0.6) is 0 Å². The summed E-state index contributed by atoms with van der Waals surface area (Å²) >= 11 is 0. The lowest BCUT2D eigenvalue weighted by molar-refractivity contribution is 0.0892. The van der Waals surface area contributed by atoms with E-state index in [1.807, 2.05) is 6.92 Å². The summed E-state index contributed by atoms with van der Waals surface area (Å²) in [7, 11) is 0. The number of Topliss-reactive ketones (excluding diaryl/α,β-unsaturated/α-hetero) is 1. The summed E-state index contributed by atoms with van der Waals surface area (Å²) in [6, 6.07) is 1.72. The van der Waals surface area contributed by atoms with Gasteiger partial charge in [0.25, 0.3) is 0 Å². The van der Waals surface area contributed by atoms with Gasteiger partial charge in [0, 0.05) is 24.1 Å². The van der Waals surface area contributed by atoms with Gasteiger partial charge in [-0.25, -0.2) is 0 Å². The molecule has 2 heterocycles. The average Bonchev–Trinajstić information content (AvgIpc) is 2.78. The van der Waals surface area contributed by atoms with Gasteiger partial charge < -0.3 is 15.8 Å². The first-order valence-corrected chi connectivity index (χ1v) is 5.79. The highest BCUT2D eigenvalue weighted by molar-refractivity contribution is 6.02. The standard InChI is InChI=1S/C12H17N3O2/c1-2-15-11-7-17-6-9(11)12(16)8-5-14-4-3-10(8)13/h3-5,9,11,15H,2,6-7H2,1H3,(H2,13,14). The number of carbonyl (C=O) groups is 1. The van der Waals surface area contributed by atoms with Gasteiger partial charge in [0.2, 0.25) is 0 Å². The summed E-state index contributed by atoms with van der Waals surface area (Å²) in [5.41, 5.74) is 6.76. The van der Waals surface area contributed by atoms with E-state index in [-0.39, 0.29) is 17.7 Å². The molecular weight excluding hydrogens is 218 g/mol. The van der Waals surface area contributed by atoms with Crippen molar-refractivity contribution in [1.29, 1.82) is 0 Å². The zero-order valence-corrected chi connectivity index (χ0v) is 9.85. The SMILES string of the molecule is CCNC1COCC1C(=O)c1cnccc1N. The Kier molecular flexibility index (Phi) is 3.71. The number of nitrogens with zero attached hydrogens (tertiary/aromatic N) is 1. The van der Waals surface area contributed by atoms with Gasteiger partial charge in [0.05, 0.1) is 24.7 Å². The largest absolute Gasteiger partial charge is 0.398 e. The Bertz CT molecular complexity index is 408. The lowest BCUT2D eigenvalue weighted by Gasteiger charge is -2.17. The molecular formula is C12H17N3O2. The molecule has 2 atom stereocenters. The van der Waals surface area contributed by atoms with Gasteiger partial charge in [0.15, 0.2) is 5.78 Å². The van der Waals surface area contributed by atoms with Gasteiger partial charge in [-0.15, -0.1) is 0 Å². The number of anilines is 1. The zero-order chi connectivity index (χ0) is 12.3. The Labute approximate surface area is 100 Å². The number of nitrogens with two attached hydrogens (primary N) is 1. The van der Waals surface area contributed by atoms with Crippen molar-refractivity contribution >= 4 is 11.5 Å². The molecule has 0 aliphatic carbocycles. The third-order valence-electron chi connectivity index (χ3n) is 3.00. The molecule has 92 valence electrons. The van der Waals surface area contributed by atoms with Crippen molar-refractivity contribution < 1.29 is 9.53 Å². The van der Waals surface area contributed by atoms with Crippen LogP contribution in [0.1, 0.15) is 17.3 Å². The minimum absolute atomic E-state index is 0.0130. The summed E-state index contributed by atoms with van der Waals surface area (Å²) in [5.74, 6) is -0.152. The maximum Gasteiger partial charge on any atom is 0.173 e. The number of ketones is 1. The summed E-state index contributed by atoms with van der Waals surface area (Å²) in [6.07, 6.45) is 3.11. The summed E-state index contributed by atoms with van der Waals surface area (Å²) < 4.78 is 5.36.